The molecule has 228 valence electrons. The minimum Gasteiger partial charge on any atom is -0.392 e. The number of nitrogens with one attached hydrogen (secondary N) is 1. The molecule has 5 aromatic rings. The van der Waals surface area contributed by atoms with Gasteiger partial charge in [0.1, 0.15) is 6.04 Å². The van der Waals surface area contributed by atoms with Gasteiger partial charge in [0, 0.05) is 36.9 Å². The molecule has 45 heavy (non-hydrogen) atoms. The Balaban J connectivity index is 1.35. The summed E-state index contributed by atoms with van der Waals surface area (Å²) in [5, 5.41) is 12.9. The number of amides is 2. The third-order valence-corrected chi connectivity index (χ3v) is 9.95. The molecule has 0 aliphatic carbocycles. The lowest BCUT2D eigenvalue weighted by Crippen LogP contribution is -2.60. The van der Waals surface area contributed by atoms with E-state index >= 15 is 0 Å². The van der Waals surface area contributed by atoms with Crippen LogP contribution >= 0.6 is 0 Å². The second kappa shape index (κ2) is 13.0. The van der Waals surface area contributed by atoms with Gasteiger partial charge in [-0.25, -0.2) is 8.42 Å². The predicted octanol–water partition coefficient (Wildman–Crippen LogP) is 4.40. The molecule has 1 atom stereocenters. The predicted molar refractivity (Wildman–Crippen MR) is 172 cm³/mol. The molecule has 1 saturated heterocycles. The van der Waals surface area contributed by atoms with Gasteiger partial charge in [0.25, 0.3) is 0 Å². The maximum atomic E-state index is 14.3. The number of hydrogen-bond acceptors (Lipinski definition) is 6. The van der Waals surface area contributed by atoms with Gasteiger partial charge in [0.05, 0.1) is 22.9 Å². The number of carbonyl (C=O) groups excluding carboxylic acids is 2. The summed E-state index contributed by atoms with van der Waals surface area (Å²) in [6.45, 7) is -0.246. The molecule has 10 heteroatoms. The summed E-state index contributed by atoms with van der Waals surface area (Å²) >= 11 is 0. The van der Waals surface area contributed by atoms with Crippen molar-refractivity contribution in [2.75, 3.05) is 25.0 Å². The van der Waals surface area contributed by atoms with E-state index in [2.05, 4.69) is 10.3 Å². The third-order valence-electron chi connectivity index (χ3n) is 8.04. The van der Waals surface area contributed by atoms with E-state index in [9.17, 15) is 23.1 Å². The number of pyridine rings is 1. The van der Waals surface area contributed by atoms with Crippen LogP contribution in [-0.2, 0) is 26.2 Å². The van der Waals surface area contributed by atoms with Crippen molar-refractivity contribution in [3.63, 3.8) is 0 Å². The summed E-state index contributed by atoms with van der Waals surface area (Å²) in [6.07, 6.45) is 1.64. The summed E-state index contributed by atoms with van der Waals surface area (Å²) in [5.74, 6) is -1.41. The number of fused-ring (bicyclic) bond motifs is 1. The van der Waals surface area contributed by atoms with E-state index in [0.29, 0.717) is 22.2 Å². The number of sulfonamides is 1. The molecule has 9 nitrogen and oxygen atoms in total. The van der Waals surface area contributed by atoms with Gasteiger partial charge in [0.15, 0.2) is 0 Å². The van der Waals surface area contributed by atoms with Crippen molar-refractivity contribution in [3.8, 4) is 0 Å². The van der Waals surface area contributed by atoms with E-state index in [-0.39, 0.29) is 37.0 Å². The monoisotopic (exact) mass is 620 g/mol. The zero-order valence-electron chi connectivity index (χ0n) is 24.4. The zero-order chi connectivity index (χ0) is 31.4. The molecule has 2 heterocycles. The molecule has 6 rings (SSSR count). The number of aromatic nitrogens is 1. The van der Waals surface area contributed by atoms with Crippen LogP contribution in [-0.4, -0.2) is 65.2 Å². The van der Waals surface area contributed by atoms with Crippen LogP contribution in [0, 0.1) is 0 Å². The Morgan fingerprint density at radius 1 is 0.844 bits per heavy atom. The zero-order valence-corrected chi connectivity index (χ0v) is 25.2. The molecule has 0 bridgehead atoms. The molecule has 0 saturated carbocycles. The second-order valence-corrected chi connectivity index (χ2v) is 12.8. The molecule has 1 aliphatic heterocycles. The van der Waals surface area contributed by atoms with Crippen LogP contribution in [0.5, 0.6) is 0 Å². The van der Waals surface area contributed by atoms with Gasteiger partial charge in [-0.05, 0) is 53.1 Å². The highest BCUT2D eigenvalue weighted by Crippen LogP contribution is 2.30. The minimum absolute atomic E-state index is 0.0410. The third kappa shape index (κ3) is 6.34. The first-order chi connectivity index (χ1) is 21.8. The lowest BCUT2D eigenvalue weighted by Gasteiger charge is -2.40. The van der Waals surface area contributed by atoms with Crippen molar-refractivity contribution in [3.05, 3.63) is 138 Å². The van der Waals surface area contributed by atoms with Crippen molar-refractivity contribution in [2.24, 2.45) is 0 Å². The van der Waals surface area contributed by atoms with E-state index in [1.54, 1.807) is 59.6 Å². The van der Waals surface area contributed by atoms with E-state index in [0.717, 1.165) is 11.1 Å². The fraction of sp³-hybridized carbons (Fsp3) is 0.171. The minimum atomic E-state index is -4.15. The Kier molecular flexibility index (Phi) is 8.70. The maximum Gasteiger partial charge on any atom is 0.244 e. The summed E-state index contributed by atoms with van der Waals surface area (Å²) in [4.78, 5) is 34.1. The van der Waals surface area contributed by atoms with Crippen LogP contribution in [0.2, 0.25) is 0 Å². The van der Waals surface area contributed by atoms with Crippen molar-refractivity contribution < 1.29 is 23.1 Å². The topological polar surface area (TPSA) is 120 Å². The fourth-order valence-electron chi connectivity index (χ4n) is 5.69. The molecular weight excluding hydrogens is 588 g/mol. The highest BCUT2D eigenvalue weighted by atomic mass is 32.2. The fourth-order valence-corrected chi connectivity index (χ4v) is 7.29. The van der Waals surface area contributed by atoms with Gasteiger partial charge in [-0.15, -0.1) is 0 Å². The largest absolute Gasteiger partial charge is 0.392 e. The molecular formula is C35H32N4O5S. The first-order valence-corrected chi connectivity index (χ1v) is 16.0. The normalized spacial score (nSPS) is 15.7. The molecule has 2 N–H and O–H groups in total. The van der Waals surface area contributed by atoms with Gasteiger partial charge in [-0.3, -0.25) is 14.6 Å². The highest BCUT2D eigenvalue weighted by molar-refractivity contribution is 7.89. The number of aliphatic hydroxyl groups is 1. The van der Waals surface area contributed by atoms with Crippen LogP contribution in [0.1, 0.15) is 22.6 Å². The van der Waals surface area contributed by atoms with Gasteiger partial charge in [0.2, 0.25) is 21.8 Å². The van der Waals surface area contributed by atoms with Crippen molar-refractivity contribution >= 4 is 38.4 Å². The van der Waals surface area contributed by atoms with E-state index in [4.69, 9.17) is 0 Å². The molecule has 1 aromatic heterocycles. The van der Waals surface area contributed by atoms with Crippen molar-refractivity contribution in [1.82, 2.24) is 14.2 Å². The van der Waals surface area contributed by atoms with Crippen LogP contribution in [0.3, 0.4) is 0 Å². The molecule has 0 radical (unpaired) electrons. The number of nitrogens with zero attached hydrogens (tertiary/aromatic N) is 3. The van der Waals surface area contributed by atoms with Crippen molar-refractivity contribution in [1.29, 1.82) is 0 Å². The summed E-state index contributed by atoms with van der Waals surface area (Å²) in [6, 6.07) is 32.5. The molecule has 4 aromatic carbocycles. The Hall–Kier alpha value is -4.90. The second-order valence-electron chi connectivity index (χ2n) is 10.9. The Morgan fingerprint density at radius 2 is 1.51 bits per heavy atom. The number of benzene rings is 4. The average molecular weight is 621 g/mol. The number of rotatable bonds is 8. The number of piperazine rings is 1. The standard InChI is InChI=1S/C35H32N4O5S/c40-24-25-13-15-29(16-14-25)37-34(41)32-23-38(35(42)33(26-8-3-1-4-9-26)27-10-5-2-6-11-27)20-21-39(32)45(43,44)30-17-18-31-28(22-30)12-7-19-36-31/h1-19,22,32-33,40H,20-21,23-24H2,(H,37,41). The Bertz CT molecular complexity index is 1880. The van der Waals surface area contributed by atoms with Gasteiger partial charge < -0.3 is 15.3 Å². The number of carbonyl (C=O) groups is 2. The lowest BCUT2D eigenvalue weighted by molar-refractivity contribution is -0.135. The van der Waals surface area contributed by atoms with Crippen LogP contribution in [0.15, 0.2) is 126 Å². The molecule has 0 spiro atoms. The average Bonchev–Trinajstić information content (AvgIpc) is 3.09. The molecule has 1 aliphatic rings. The molecule has 1 unspecified atom stereocenters. The van der Waals surface area contributed by atoms with Crippen LogP contribution in [0.25, 0.3) is 10.9 Å². The van der Waals surface area contributed by atoms with E-state index in [1.807, 2.05) is 60.7 Å². The van der Waals surface area contributed by atoms with E-state index < -0.39 is 27.9 Å². The first-order valence-electron chi connectivity index (χ1n) is 14.6. The first kappa shape index (κ1) is 30.1. The lowest BCUT2D eigenvalue weighted by atomic mass is 9.89. The van der Waals surface area contributed by atoms with Crippen LogP contribution in [0.4, 0.5) is 5.69 Å². The summed E-state index contributed by atoms with van der Waals surface area (Å²) in [5.41, 5.74) is 3.38. The quantitative estimate of drug-likeness (QED) is 0.266. The van der Waals surface area contributed by atoms with Crippen LogP contribution < -0.4 is 5.32 Å². The SMILES string of the molecule is O=C(Nc1ccc(CO)cc1)C1CN(C(=O)C(c2ccccc2)c2ccccc2)CCN1S(=O)(=O)c1ccc2ncccc2c1. The Labute approximate surface area is 261 Å². The number of aliphatic hydroxyl groups excluding tert-OH is 1. The molecule has 2 amide bonds. The number of hydrogen-bond donors (Lipinski definition) is 2. The smallest absolute Gasteiger partial charge is 0.244 e. The number of anilines is 1. The molecule has 1 fully saturated rings. The maximum absolute atomic E-state index is 14.3. The van der Waals surface area contributed by atoms with E-state index in [1.165, 1.54) is 10.4 Å². The summed E-state index contributed by atoms with van der Waals surface area (Å²) in [7, 11) is -4.15. The highest BCUT2D eigenvalue weighted by Gasteiger charge is 2.43. The van der Waals surface area contributed by atoms with Gasteiger partial charge >= 0.3 is 0 Å². The summed E-state index contributed by atoms with van der Waals surface area (Å²) < 4.78 is 29.4. The van der Waals surface area contributed by atoms with Crippen molar-refractivity contribution in [2.45, 2.75) is 23.5 Å². The van der Waals surface area contributed by atoms with Gasteiger partial charge in [-0.1, -0.05) is 78.9 Å². The Morgan fingerprint density at radius 3 is 2.16 bits per heavy atom. The van der Waals surface area contributed by atoms with Gasteiger partial charge in [-0.2, -0.15) is 4.31 Å².